The molecule has 0 fully saturated rings. The Bertz CT molecular complexity index is 3070. The van der Waals surface area contributed by atoms with E-state index in [1.54, 1.807) is 0 Å². The number of rotatable bonds is 5. The van der Waals surface area contributed by atoms with Crippen LogP contribution in [-0.4, -0.2) is 5.71 Å². The summed E-state index contributed by atoms with van der Waals surface area (Å²) in [6, 6.07) is 67.8. The van der Waals surface area contributed by atoms with E-state index in [-0.39, 0.29) is 18.0 Å². The van der Waals surface area contributed by atoms with E-state index in [2.05, 4.69) is 224 Å². The minimum absolute atomic E-state index is 0.0204. The monoisotopic (exact) mass is 768 g/mol. The first-order chi connectivity index (χ1) is 29.8. The second-order valence-electron chi connectivity index (χ2n) is 16.1. The fraction of sp³-hybridized carbons (Fsp3) is 0.0702. The lowest BCUT2D eigenvalue weighted by Gasteiger charge is -2.41. The lowest BCUT2D eigenvalue weighted by molar-refractivity contribution is 0.423. The van der Waals surface area contributed by atoms with Crippen LogP contribution >= 0.6 is 0 Å². The smallest absolute Gasteiger partial charge is 0.145 e. The van der Waals surface area contributed by atoms with E-state index in [0.717, 1.165) is 39.6 Å². The highest BCUT2D eigenvalue weighted by Gasteiger charge is 2.51. The zero-order valence-corrected chi connectivity index (χ0v) is 32.9. The van der Waals surface area contributed by atoms with Crippen LogP contribution in [0.4, 0.5) is 0 Å². The molecule has 4 aliphatic rings. The number of para-hydroxylation sites is 2. The summed E-state index contributed by atoms with van der Waals surface area (Å²) in [6.45, 7) is 0. The van der Waals surface area contributed by atoms with Crippen molar-refractivity contribution in [2.75, 3.05) is 0 Å². The average Bonchev–Trinajstić information content (AvgIpc) is 3.62. The van der Waals surface area contributed by atoms with Crippen LogP contribution in [0.1, 0.15) is 51.0 Å². The van der Waals surface area contributed by atoms with E-state index in [1.807, 2.05) is 0 Å². The van der Waals surface area contributed by atoms with Crippen LogP contribution in [0.15, 0.2) is 229 Å². The number of nitrogens with zero attached hydrogens (tertiary/aromatic N) is 1. The fourth-order valence-electron chi connectivity index (χ4n) is 10.4. The number of hydrogen-bond acceptors (Lipinski definition) is 3. The number of ether oxygens (including phenoxy) is 1. The molecule has 0 radical (unpaired) electrons. The Labute approximate surface area is 350 Å². The van der Waals surface area contributed by atoms with Gasteiger partial charge in [-0.2, -0.15) is 0 Å². The second kappa shape index (κ2) is 13.8. The summed E-state index contributed by atoms with van der Waals surface area (Å²) < 4.78 is 7.17. The predicted octanol–water partition coefficient (Wildman–Crippen LogP) is 13.5. The third-order valence-electron chi connectivity index (χ3n) is 13.0. The number of benzene rings is 8. The number of hydrogen-bond donors (Lipinski definition) is 1. The lowest BCUT2D eigenvalue weighted by Crippen LogP contribution is -2.34. The van der Waals surface area contributed by atoms with Crippen molar-refractivity contribution in [2.24, 2.45) is 10.9 Å². The first kappa shape index (κ1) is 34.5. The molecule has 3 unspecified atom stereocenters. The number of aliphatic imine (C=N–C) groups is 1. The maximum atomic E-state index is 7.17. The quantitative estimate of drug-likeness (QED) is 0.189. The molecule has 0 amide bonds. The summed E-state index contributed by atoms with van der Waals surface area (Å²) in [5.41, 5.74) is 14.9. The number of nitrogens with one attached hydrogen (secondary N) is 1. The van der Waals surface area contributed by atoms with Crippen LogP contribution in [0.5, 0.6) is 11.5 Å². The SMILES string of the molecule is C1=CC(C2=CC(c3ccc(-c4ccccc4)c4ccccc34)=NC(c3ccccc3)N2)C(c2cccc3c2Oc2ccccc2C32c3ccccc3-c3ccccc32)C=C1. The minimum Gasteiger partial charge on any atom is -0.456 e. The fourth-order valence-corrected chi connectivity index (χ4v) is 10.4. The zero-order chi connectivity index (χ0) is 39.6. The zero-order valence-electron chi connectivity index (χ0n) is 32.9. The summed E-state index contributed by atoms with van der Waals surface area (Å²) in [4.78, 5) is 5.47. The molecule has 2 heterocycles. The van der Waals surface area contributed by atoms with Gasteiger partial charge in [-0.3, -0.25) is 4.99 Å². The molecule has 60 heavy (non-hydrogen) atoms. The number of fused-ring (bicyclic) bond motifs is 10. The maximum Gasteiger partial charge on any atom is 0.145 e. The molecule has 8 aromatic carbocycles. The molecule has 3 heteroatoms. The Hall–Kier alpha value is -7.49. The molecule has 3 atom stereocenters. The summed E-state index contributed by atoms with van der Waals surface area (Å²) >= 11 is 0. The maximum absolute atomic E-state index is 7.17. The Balaban J connectivity index is 1.03. The van der Waals surface area contributed by atoms with Gasteiger partial charge in [-0.1, -0.05) is 206 Å². The van der Waals surface area contributed by atoms with Crippen LogP contribution in [-0.2, 0) is 5.41 Å². The van der Waals surface area contributed by atoms with Gasteiger partial charge in [0.2, 0.25) is 0 Å². The molecule has 0 aromatic heterocycles. The van der Waals surface area contributed by atoms with Gasteiger partial charge in [0.25, 0.3) is 0 Å². The molecule has 0 saturated carbocycles. The second-order valence-corrected chi connectivity index (χ2v) is 16.1. The summed E-state index contributed by atoms with van der Waals surface area (Å²) in [5, 5.41) is 6.34. The van der Waals surface area contributed by atoms with Crippen molar-refractivity contribution in [3.8, 4) is 33.8 Å². The third-order valence-corrected chi connectivity index (χ3v) is 13.0. The molecule has 2 aliphatic heterocycles. The molecule has 3 nitrogen and oxygen atoms in total. The first-order valence-electron chi connectivity index (χ1n) is 20.9. The highest BCUT2D eigenvalue weighted by Crippen LogP contribution is 2.63. The van der Waals surface area contributed by atoms with Gasteiger partial charge in [0, 0.05) is 39.8 Å². The molecule has 1 N–H and O–H groups in total. The Morgan fingerprint density at radius 3 is 1.80 bits per heavy atom. The van der Waals surface area contributed by atoms with Crippen LogP contribution in [0, 0.1) is 5.92 Å². The molecule has 8 aromatic rings. The first-order valence-corrected chi connectivity index (χ1v) is 20.9. The summed E-state index contributed by atoms with van der Waals surface area (Å²) in [5.74, 6) is 1.79. The summed E-state index contributed by atoms with van der Waals surface area (Å²) in [6.07, 6.45) is 11.1. The van der Waals surface area contributed by atoms with E-state index in [9.17, 15) is 0 Å². The van der Waals surface area contributed by atoms with Crippen molar-refractivity contribution in [1.29, 1.82) is 0 Å². The topological polar surface area (TPSA) is 33.6 Å². The van der Waals surface area contributed by atoms with Gasteiger partial charge in [-0.25, -0.2) is 0 Å². The molecule has 12 rings (SSSR count). The van der Waals surface area contributed by atoms with Gasteiger partial charge >= 0.3 is 0 Å². The van der Waals surface area contributed by atoms with Gasteiger partial charge < -0.3 is 10.1 Å². The minimum atomic E-state index is -0.523. The molecule has 284 valence electrons. The van der Waals surface area contributed by atoms with Gasteiger partial charge in [-0.15, -0.1) is 0 Å². The largest absolute Gasteiger partial charge is 0.456 e. The van der Waals surface area contributed by atoms with Crippen molar-refractivity contribution in [3.63, 3.8) is 0 Å². The third kappa shape index (κ3) is 5.19. The summed E-state index contributed by atoms with van der Waals surface area (Å²) in [7, 11) is 0. The Morgan fingerprint density at radius 1 is 0.467 bits per heavy atom. The highest BCUT2D eigenvalue weighted by molar-refractivity contribution is 6.19. The standard InChI is InChI=1S/C57H40N2O/c1-3-18-37(19-4-1)39-34-35-46(41-23-8-7-22-40(39)41)53-36-52(58-56(59-53)38-20-5-2-6-21-38)45-27-10-9-24-42(45)47-28-17-32-51-55(47)60-54-33-16-15-31-50(54)57(51)48-29-13-11-25-43(48)44-26-12-14-30-49(44)57/h1-36,42,45,56,58H. The molecule has 1 spiro atoms. The van der Waals surface area contributed by atoms with Crippen molar-refractivity contribution in [1.82, 2.24) is 5.32 Å². The van der Waals surface area contributed by atoms with Gasteiger partial charge in [0.05, 0.1) is 11.1 Å². The molecule has 0 saturated heterocycles. The van der Waals surface area contributed by atoms with Crippen LogP contribution in [0.25, 0.3) is 33.0 Å². The molecular weight excluding hydrogens is 729 g/mol. The van der Waals surface area contributed by atoms with E-state index in [4.69, 9.17) is 9.73 Å². The van der Waals surface area contributed by atoms with E-state index < -0.39 is 5.41 Å². The van der Waals surface area contributed by atoms with Crippen molar-refractivity contribution >= 4 is 16.5 Å². The molecule has 2 aliphatic carbocycles. The van der Waals surface area contributed by atoms with Crippen molar-refractivity contribution in [2.45, 2.75) is 17.5 Å². The van der Waals surface area contributed by atoms with E-state index >= 15 is 0 Å². The van der Waals surface area contributed by atoms with Crippen LogP contribution in [0.2, 0.25) is 0 Å². The van der Waals surface area contributed by atoms with Gasteiger partial charge in [0.15, 0.2) is 0 Å². The van der Waals surface area contributed by atoms with E-state index in [1.165, 1.54) is 55.3 Å². The lowest BCUT2D eigenvalue weighted by atomic mass is 9.65. The highest BCUT2D eigenvalue weighted by atomic mass is 16.5. The number of allylic oxidation sites excluding steroid dienone is 5. The van der Waals surface area contributed by atoms with Crippen LogP contribution in [0.3, 0.4) is 0 Å². The normalized spacial score (nSPS) is 19.0. The van der Waals surface area contributed by atoms with Gasteiger partial charge in [-0.05, 0) is 61.9 Å². The Morgan fingerprint density at radius 2 is 1.05 bits per heavy atom. The van der Waals surface area contributed by atoms with Gasteiger partial charge in [0.1, 0.15) is 17.7 Å². The van der Waals surface area contributed by atoms with Crippen molar-refractivity contribution < 1.29 is 4.74 Å². The molecular formula is C57H40N2O. The van der Waals surface area contributed by atoms with Crippen LogP contribution < -0.4 is 10.1 Å². The average molecular weight is 769 g/mol. The van der Waals surface area contributed by atoms with E-state index in [0.29, 0.717) is 0 Å². The van der Waals surface area contributed by atoms with Crippen molar-refractivity contribution in [3.05, 3.63) is 263 Å². The predicted molar refractivity (Wildman–Crippen MR) is 245 cm³/mol. The Kier molecular flexibility index (Phi) is 7.96. The molecule has 0 bridgehead atoms.